The summed E-state index contributed by atoms with van der Waals surface area (Å²) in [6.45, 7) is 6.75. The highest BCUT2D eigenvalue weighted by molar-refractivity contribution is 5.95. The smallest absolute Gasteiger partial charge is 0.408 e. The Kier molecular flexibility index (Phi) is 10.7. The lowest BCUT2D eigenvalue weighted by Gasteiger charge is -2.41. The Morgan fingerprint density at radius 2 is 1.72 bits per heavy atom. The summed E-state index contributed by atoms with van der Waals surface area (Å²) in [5.41, 5.74) is 2.18. The minimum absolute atomic E-state index is 0.0395. The molecule has 1 aliphatic carbocycles. The van der Waals surface area contributed by atoms with Crippen molar-refractivity contribution in [2.75, 3.05) is 19.7 Å². The van der Waals surface area contributed by atoms with E-state index in [0.29, 0.717) is 81.5 Å². The van der Waals surface area contributed by atoms with Gasteiger partial charge < -0.3 is 44.5 Å². The van der Waals surface area contributed by atoms with E-state index in [1.807, 2.05) is 13.8 Å². The van der Waals surface area contributed by atoms with Crippen LogP contribution in [0.25, 0.3) is 39.4 Å². The summed E-state index contributed by atoms with van der Waals surface area (Å²) in [6.07, 6.45) is 1.13. The van der Waals surface area contributed by atoms with E-state index >= 15 is 4.39 Å². The predicted octanol–water partition coefficient (Wildman–Crippen LogP) is 4.83. The minimum atomic E-state index is -2.04. The number of piperazine rings is 1. The monoisotopic (exact) mass is 968 g/mol. The summed E-state index contributed by atoms with van der Waals surface area (Å²) in [5.74, 6) is -2.30. The SMILES string of the molecule is CC[C@@]1(O)C(=O)OCc2c1cc1n(c2=O)Cc2c-1nc1cc(F)c(C)c3c1c2[C@@H](NC(=O)OCC(=O)N1[C@@H]2CC[C@H]1CN(C(=O)c1ccc(-n4c(-c5cc(C(C)C)c(O)cc5O)n[nH]c4=O)cc1)C2)CC3. The molecule has 5 aliphatic rings. The number of esters is 1. The second-order valence-corrected chi connectivity index (χ2v) is 19.3. The van der Waals surface area contributed by atoms with Gasteiger partial charge in [0.1, 0.15) is 23.9 Å². The summed E-state index contributed by atoms with van der Waals surface area (Å²) in [7, 11) is 0. The average molecular weight is 969 g/mol. The number of carbonyl (C=O) groups is 4. The number of ether oxygens (including phenoxy) is 2. The number of fused-ring (bicyclic) bond motifs is 7. The molecular weight excluding hydrogens is 920 g/mol. The predicted molar refractivity (Wildman–Crippen MR) is 251 cm³/mol. The first-order chi connectivity index (χ1) is 34.0. The van der Waals surface area contributed by atoms with Gasteiger partial charge in [0.2, 0.25) is 0 Å². The van der Waals surface area contributed by atoms with Crippen molar-refractivity contribution in [2.24, 2.45) is 0 Å². The fraction of sp³-hybridized carbons (Fsp3) is 0.373. The number of phenolic OH excluding ortho intramolecular Hbond substituents is 2. The van der Waals surface area contributed by atoms with Crippen LogP contribution in [-0.4, -0.2) is 105 Å². The van der Waals surface area contributed by atoms with Crippen LogP contribution in [0.1, 0.15) is 108 Å². The highest BCUT2D eigenvalue weighted by atomic mass is 19.1. The number of cyclic esters (lactones) is 1. The Balaban J connectivity index is 0.780. The van der Waals surface area contributed by atoms with E-state index in [1.165, 1.54) is 21.3 Å². The molecule has 6 aromatic rings. The van der Waals surface area contributed by atoms with Crippen molar-refractivity contribution in [3.63, 3.8) is 0 Å². The van der Waals surface area contributed by atoms with Crippen molar-refractivity contribution in [3.8, 4) is 40.0 Å². The largest absolute Gasteiger partial charge is 0.508 e. The molecule has 2 saturated heterocycles. The number of aliphatic hydroxyl groups is 1. The molecule has 3 aromatic heterocycles. The molecule has 0 unspecified atom stereocenters. The van der Waals surface area contributed by atoms with Crippen LogP contribution >= 0.6 is 0 Å². The molecule has 2 bridgehead atoms. The molecule has 20 heteroatoms. The van der Waals surface area contributed by atoms with Crippen molar-refractivity contribution >= 4 is 34.8 Å². The van der Waals surface area contributed by atoms with Gasteiger partial charge in [-0.2, -0.15) is 5.10 Å². The number of amides is 3. The van der Waals surface area contributed by atoms with Gasteiger partial charge in [-0.1, -0.05) is 20.8 Å². The third-order valence-electron chi connectivity index (χ3n) is 15.1. The van der Waals surface area contributed by atoms with E-state index in [1.54, 1.807) is 60.0 Å². The van der Waals surface area contributed by atoms with Gasteiger partial charge in [-0.15, -0.1) is 0 Å². The molecule has 0 radical (unpaired) electrons. The molecule has 2 fully saturated rings. The second-order valence-electron chi connectivity index (χ2n) is 19.3. The lowest BCUT2D eigenvalue weighted by molar-refractivity contribution is -0.172. The number of aryl methyl sites for hydroxylation is 1. The Morgan fingerprint density at radius 1 is 0.986 bits per heavy atom. The van der Waals surface area contributed by atoms with Gasteiger partial charge in [0.15, 0.2) is 18.0 Å². The first-order valence-electron chi connectivity index (χ1n) is 23.7. The van der Waals surface area contributed by atoms with Crippen LogP contribution < -0.4 is 16.6 Å². The lowest BCUT2D eigenvalue weighted by Crippen LogP contribution is -2.58. The zero-order chi connectivity index (χ0) is 49.9. The number of nitrogens with one attached hydrogen (secondary N) is 2. The number of hydrogen-bond donors (Lipinski definition) is 5. The fourth-order valence-electron chi connectivity index (χ4n) is 11.4. The van der Waals surface area contributed by atoms with Crippen LogP contribution in [0.4, 0.5) is 9.18 Å². The van der Waals surface area contributed by atoms with E-state index in [2.05, 4.69) is 15.5 Å². The van der Waals surface area contributed by atoms with Crippen LogP contribution in [0.15, 0.2) is 58.1 Å². The number of H-pyrrole nitrogens is 1. The third-order valence-corrected chi connectivity index (χ3v) is 15.1. The molecule has 0 spiro atoms. The number of benzene rings is 3. The van der Waals surface area contributed by atoms with Crippen molar-refractivity contribution in [1.82, 2.24) is 39.4 Å². The third kappa shape index (κ3) is 7.08. The Bertz CT molecular complexity index is 3420. The van der Waals surface area contributed by atoms with Crippen molar-refractivity contribution in [1.29, 1.82) is 0 Å². The maximum Gasteiger partial charge on any atom is 0.408 e. The first kappa shape index (κ1) is 45.6. The van der Waals surface area contributed by atoms with Crippen molar-refractivity contribution in [2.45, 2.75) is 103 Å². The van der Waals surface area contributed by atoms with Gasteiger partial charge in [0, 0.05) is 59.4 Å². The Hall–Kier alpha value is -7.87. The van der Waals surface area contributed by atoms with E-state index in [0.717, 1.165) is 5.56 Å². The quantitative estimate of drug-likeness (QED) is 0.128. The Morgan fingerprint density at radius 3 is 2.42 bits per heavy atom. The molecule has 0 saturated carbocycles. The number of hydrogen-bond acceptors (Lipinski definition) is 13. The molecule has 71 heavy (non-hydrogen) atoms. The van der Waals surface area contributed by atoms with Crippen LogP contribution in [-0.2, 0) is 44.2 Å². The maximum atomic E-state index is 15.4. The number of alkyl carbamates (subject to hydrolysis) is 1. The van der Waals surface area contributed by atoms with Gasteiger partial charge in [-0.3, -0.25) is 14.4 Å². The van der Waals surface area contributed by atoms with Crippen molar-refractivity contribution < 1.29 is 48.4 Å². The van der Waals surface area contributed by atoms with E-state index < -0.39 is 53.3 Å². The number of aromatic hydroxyl groups is 2. The zero-order valence-corrected chi connectivity index (χ0v) is 39.2. The van der Waals surface area contributed by atoms with Crippen LogP contribution in [0.2, 0.25) is 0 Å². The van der Waals surface area contributed by atoms with Gasteiger partial charge in [0.05, 0.1) is 46.3 Å². The number of likely N-dealkylation sites (tertiary alicyclic amines) is 1. The minimum Gasteiger partial charge on any atom is -0.508 e. The average Bonchev–Trinajstić information content (AvgIpc) is 4.00. The number of aromatic nitrogens is 5. The standard InChI is InChI=1S/C51H49FN8O11/c1-5-51(69)34-15-38-44-32(20-58(38)47(65)33(34)21-70-48(51)66)43-36(13-12-29-24(4)35(52)16-37(53-44)42(29)43)54-50(68)71-22-41(63)59-27-10-11-28(59)19-57(18-27)46(64)25-6-8-26(9-7-25)60-45(55-56-49(60)67)31-14-30(23(2)3)39(61)17-40(31)62/h6-9,14-17,23,27-28,36,61-62,69H,5,10-13,18-22H2,1-4H3,(H,54,68)(H,56,67)/t27-,28+,36-,51-/m0/s1. The van der Waals surface area contributed by atoms with Crippen LogP contribution in [0.3, 0.4) is 0 Å². The van der Waals surface area contributed by atoms with Crippen LogP contribution in [0, 0.1) is 12.7 Å². The van der Waals surface area contributed by atoms with E-state index in [4.69, 9.17) is 14.5 Å². The molecular formula is C51H49FN8O11. The summed E-state index contributed by atoms with van der Waals surface area (Å²) < 4.78 is 29.0. The highest BCUT2D eigenvalue weighted by Gasteiger charge is 2.47. The second kappa shape index (κ2) is 16.6. The number of phenols is 2. The van der Waals surface area contributed by atoms with E-state index in [-0.39, 0.29) is 90.6 Å². The highest BCUT2D eigenvalue weighted by Crippen LogP contribution is 2.46. The molecule has 7 heterocycles. The van der Waals surface area contributed by atoms with Gasteiger partial charge >= 0.3 is 17.8 Å². The molecule has 3 aromatic carbocycles. The number of pyridine rings is 2. The number of carbonyl (C=O) groups excluding carboxylic acids is 4. The van der Waals surface area contributed by atoms with Gasteiger partial charge in [-0.25, -0.2) is 33.4 Å². The normalized spacial score (nSPS) is 20.7. The summed E-state index contributed by atoms with van der Waals surface area (Å²) in [5, 5.41) is 42.6. The molecule has 4 atom stereocenters. The topological polar surface area (TPSA) is 252 Å². The lowest BCUT2D eigenvalue weighted by atomic mass is 9.81. The summed E-state index contributed by atoms with van der Waals surface area (Å²) in [4.78, 5) is 89.4. The van der Waals surface area contributed by atoms with Crippen molar-refractivity contribution in [3.05, 3.63) is 120 Å². The number of nitrogens with zero attached hydrogens (tertiary/aromatic N) is 6. The molecule has 366 valence electrons. The Labute approximate surface area is 403 Å². The first-order valence-corrected chi connectivity index (χ1v) is 23.7. The van der Waals surface area contributed by atoms with Crippen LogP contribution in [0.5, 0.6) is 11.5 Å². The number of halogens is 1. The fourth-order valence-corrected chi connectivity index (χ4v) is 11.4. The van der Waals surface area contributed by atoms with Gasteiger partial charge in [0.25, 0.3) is 17.4 Å². The zero-order valence-electron chi connectivity index (χ0n) is 39.2. The molecule has 5 N–H and O–H groups in total. The van der Waals surface area contributed by atoms with Gasteiger partial charge in [-0.05, 0) is 104 Å². The molecule has 3 amide bonds. The maximum absolute atomic E-state index is 15.4. The molecule has 4 aliphatic heterocycles. The molecule has 19 nitrogen and oxygen atoms in total. The number of aromatic amines is 1. The molecule has 11 rings (SSSR count). The summed E-state index contributed by atoms with van der Waals surface area (Å²) in [6, 6.07) is 10.8. The summed E-state index contributed by atoms with van der Waals surface area (Å²) >= 11 is 0. The number of rotatable bonds is 8. The van der Waals surface area contributed by atoms with E-state index in [9.17, 15) is 44.1 Å².